The molecular formula is C19H20N2. The molecule has 3 rings (SSSR count). The van der Waals surface area contributed by atoms with Crippen molar-refractivity contribution < 1.29 is 0 Å². The van der Waals surface area contributed by atoms with E-state index in [0.717, 1.165) is 30.6 Å². The van der Waals surface area contributed by atoms with Gasteiger partial charge >= 0.3 is 0 Å². The highest BCUT2D eigenvalue weighted by Gasteiger charge is 2.22. The lowest BCUT2D eigenvalue weighted by Gasteiger charge is -2.06. The summed E-state index contributed by atoms with van der Waals surface area (Å²) in [5.41, 5.74) is 5.81. The summed E-state index contributed by atoms with van der Waals surface area (Å²) in [6.45, 7) is 5.35. The zero-order valence-electron chi connectivity index (χ0n) is 12.6. The Bertz CT molecular complexity index is 686. The first-order valence-corrected chi connectivity index (χ1v) is 7.57. The highest BCUT2D eigenvalue weighted by molar-refractivity contribution is 5.65. The summed E-state index contributed by atoms with van der Waals surface area (Å²) >= 11 is 0. The fraction of sp³-hybridized carbons (Fsp3) is 0.316. The van der Waals surface area contributed by atoms with Gasteiger partial charge in [0, 0.05) is 36.3 Å². The maximum Gasteiger partial charge on any atom is 0.0704 e. The van der Waals surface area contributed by atoms with E-state index >= 15 is 0 Å². The van der Waals surface area contributed by atoms with Gasteiger partial charge in [0.05, 0.1) is 5.69 Å². The molecule has 1 unspecified atom stereocenters. The van der Waals surface area contributed by atoms with Crippen molar-refractivity contribution >= 4 is 0 Å². The summed E-state index contributed by atoms with van der Waals surface area (Å²) in [5.74, 6) is 6.41. The number of hydrogen-bond donors (Lipinski definition) is 1. The highest BCUT2D eigenvalue weighted by Crippen LogP contribution is 2.25. The maximum absolute atomic E-state index is 4.60. The molecule has 0 spiro atoms. The van der Waals surface area contributed by atoms with Crippen molar-refractivity contribution in [2.45, 2.75) is 32.7 Å². The Morgan fingerprint density at radius 1 is 1.29 bits per heavy atom. The standard InChI is InChI=1S/C19H20N2/c1-3-4-5-6-15-7-9-17(14(2)11-15)18-10-8-16(12-20-18)19-13-21-19/h7-12,19,21H,3-4,13H2,1-2H3. The average Bonchev–Trinajstić information content (AvgIpc) is 3.33. The largest absolute Gasteiger partial charge is 0.307 e. The van der Waals surface area contributed by atoms with Gasteiger partial charge in [0.2, 0.25) is 0 Å². The van der Waals surface area contributed by atoms with Gasteiger partial charge in [0.1, 0.15) is 0 Å². The van der Waals surface area contributed by atoms with Gasteiger partial charge in [0.25, 0.3) is 0 Å². The van der Waals surface area contributed by atoms with Crippen molar-refractivity contribution in [1.82, 2.24) is 10.3 Å². The van der Waals surface area contributed by atoms with Crippen LogP contribution in [-0.4, -0.2) is 11.5 Å². The minimum absolute atomic E-state index is 0.517. The van der Waals surface area contributed by atoms with Crippen LogP contribution in [0.5, 0.6) is 0 Å². The number of aromatic nitrogens is 1. The van der Waals surface area contributed by atoms with E-state index in [1.807, 2.05) is 6.20 Å². The predicted molar refractivity (Wildman–Crippen MR) is 86.9 cm³/mol. The molecule has 1 aromatic heterocycles. The summed E-state index contributed by atoms with van der Waals surface area (Å²) < 4.78 is 0. The lowest BCUT2D eigenvalue weighted by atomic mass is 10.0. The van der Waals surface area contributed by atoms with Crippen LogP contribution in [0.2, 0.25) is 0 Å². The van der Waals surface area contributed by atoms with Gasteiger partial charge in [-0.1, -0.05) is 30.9 Å². The first-order chi connectivity index (χ1) is 10.3. The molecule has 2 heteroatoms. The van der Waals surface area contributed by atoms with Crippen molar-refractivity contribution in [2.24, 2.45) is 0 Å². The van der Waals surface area contributed by atoms with Gasteiger partial charge in [-0.05, 0) is 42.7 Å². The van der Waals surface area contributed by atoms with Crippen LogP contribution in [0.25, 0.3) is 11.3 Å². The third-order valence-corrected chi connectivity index (χ3v) is 3.71. The molecule has 1 fully saturated rings. The lowest BCUT2D eigenvalue weighted by Crippen LogP contribution is -1.91. The van der Waals surface area contributed by atoms with Gasteiger partial charge in [-0.2, -0.15) is 0 Å². The summed E-state index contributed by atoms with van der Waals surface area (Å²) in [6.07, 6.45) is 4.05. The Morgan fingerprint density at radius 3 is 2.76 bits per heavy atom. The van der Waals surface area contributed by atoms with Crippen LogP contribution in [0, 0.1) is 18.8 Å². The summed E-state index contributed by atoms with van der Waals surface area (Å²) in [7, 11) is 0. The number of nitrogens with one attached hydrogen (secondary N) is 1. The molecule has 1 aliphatic heterocycles. The molecule has 2 nitrogen and oxygen atoms in total. The molecule has 1 N–H and O–H groups in total. The minimum atomic E-state index is 0.517. The number of hydrogen-bond acceptors (Lipinski definition) is 2. The van der Waals surface area contributed by atoms with Gasteiger partial charge < -0.3 is 5.32 Å². The van der Waals surface area contributed by atoms with E-state index in [1.165, 1.54) is 16.7 Å². The molecule has 1 saturated heterocycles. The summed E-state index contributed by atoms with van der Waals surface area (Å²) in [6, 6.07) is 11.2. The van der Waals surface area contributed by atoms with E-state index in [4.69, 9.17) is 0 Å². The van der Waals surface area contributed by atoms with Crippen molar-refractivity contribution in [1.29, 1.82) is 0 Å². The second kappa shape index (κ2) is 6.11. The van der Waals surface area contributed by atoms with Crippen LogP contribution in [0.3, 0.4) is 0 Å². The van der Waals surface area contributed by atoms with Crippen LogP contribution >= 0.6 is 0 Å². The molecule has 2 heterocycles. The first-order valence-electron chi connectivity index (χ1n) is 7.57. The van der Waals surface area contributed by atoms with E-state index < -0.39 is 0 Å². The van der Waals surface area contributed by atoms with Crippen molar-refractivity contribution in [3.63, 3.8) is 0 Å². The number of rotatable bonds is 3. The Labute approximate surface area is 126 Å². The highest BCUT2D eigenvalue weighted by atomic mass is 15.1. The smallest absolute Gasteiger partial charge is 0.0704 e. The van der Waals surface area contributed by atoms with Crippen LogP contribution in [0.15, 0.2) is 36.5 Å². The third-order valence-electron chi connectivity index (χ3n) is 3.71. The zero-order chi connectivity index (χ0) is 14.7. The van der Waals surface area contributed by atoms with Crippen LogP contribution in [0.4, 0.5) is 0 Å². The molecular weight excluding hydrogens is 256 g/mol. The van der Waals surface area contributed by atoms with Crippen LogP contribution < -0.4 is 5.32 Å². The quantitative estimate of drug-likeness (QED) is 0.682. The molecule has 0 saturated carbocycles. The maximum atomic E-state index is 4.60. The molecule has 0 amide bonds. The number of unbranched alkanes of at least 4 members (excludes halogenated alkanes) is 1. The number of benzene rings is 1. The average molecular weight is 276 g/mol. The Kier molecular flexibility index (Phi) is 4.03. The fourth-order valence-corrected chi connectivity index (χ4v) is 2.38. The van der Waals surface area contributed by atoms with Crippen LogP contribution in [-0.2, 0) is 0 Å². The molecule has 2 aromatic rings. The molecule has 0 aliphatic carbocycles. The summed E-state index contributed by atoms with van der Waals surface area (Å²) in [5, 5.41) is 3.30. The van der Waals surface area contributed by atoms with Gasteiger partial charge in [-0.25, -0.2) is 0 Å². The molecule has 1 aliphatic rings. The monoisotopic (exact) mass is 276 g/mol. The van der Waals surface area contributed by atoms with E-state index in [-0.39, 0.29) is 0 Å². The van der Waals surface area contributed by atoms with Gasteiger partial charge in [0.15, 0.2) is 0 Å². The van der Waals surface area contributed by atoms with Crippen molar-refractivity contribution in [3.8, 4) is 23.1 Å². The fourth-order valence-electron chi connectivity index (χ4n) is 2.38. The normalized spacial score (nSPS) is 16.2. The second-order valence-corrected chi connectivity index (χ2v) is 5.52. The molecule has 1 atom stereocenters. The SMILES string of the molecule is CCCC#Cc1ccc(-c2ccc(C3CN3)cn2)c(C)c1. The van der Waals surface area contributed by atoms with Crippen LogP contribution in [0.1, 0.15) is 42.5 Å². The zero-order valence-corrected chi connectivity index (χ0v) is 12.6. The molecule has 1 aromatic carbocycles. The van der Waals surface area contributed by atoms with E-state index in [9.17, 15) is 0 Å². The third kappa shape index (κ3) is 3.32. The number of aryl methyl sites for hydroxylation is 1. The van der Waals surface area contributed by atoms with Crippen molar-refractivity contribution in [3.05, 3.63) is 53.2 Å². The molecule has 21 heavy (non-hydrogen) atoms. The molecule has 0 bridgehead atoms. The molecule has 106 valence electrons. The Balaban J connectivity index is 1.83. The first kappa shape index (κ1) is 13.9. The molecule has 0 radical (unpaired) electrons. The Morgan fingerprint density at radius 2 is 2.14 bits per heavy atom. The van der Waals surface area contributed by atoms with Gasteiger partial charge in [-0.15, -0.1) is 0 Å². The second-order valence-electron chi connectivity index (χ2n) is 5.52. The lowest BCUT2D eigenvalue weighted by molar-refractivity contribution is 0.983. The van der Waals surface area contributed by atoms with E-state index in [2.05, 4.69) is 66.3 Å². The number of nitrogens with zero attached hydrogens (tertiary/aromatic N) is 1. The number of pyridine rings is 1. The van der Waals surface area contributed by atoms with Crippen molar-refractivity contribution in [2.75, 3.05) is 6.54 Å². The predicted octanol–water partition coefficient (Wildman–Crippen LogP) is 3.85. The Hall–Kier alpha value is -2.11. The van der Waals surface area contributed by atoms with E-state index in [0.29, 0.717) is 6.04 Å². The minimum Gasteiger partial charge on any atom is -0.307 e. The van der Waals surface area contributed by atoms with E-state index in [1.54, 1.807) is 0 Å². The summed E-state index contributed by atoms with van der Waals surface area (Å²) in [4.78, 5) is 4.60. The topological polar surface area (TPSA) is 34.8 Å². The van der Waals surface area contributed by atoms with Gasteiger partial charge in [-0.3, -0.25) is 4.98 Å².